The predicted octanol–water partition coefficient (Wildman–Crippen LogP) is 4.70. The largest absolute Gasteiger partial charge is 0.481 e. The zero-order chi connectivity index (χ0) is 21.8. The Labute approximate surface area is 174 Å². The number of carboxylic acid groups (broad SMARTS) is 1. The van der Waals surface area contributed by atoms with Gasteiger partial charge in [-0.25, -0.2) is 4.39 Å². The minimum Gasteiger partial charge on any atom is -0.481 e. The lowest BCUT2D eigenvalue weighted by Crippen LogP contribution is -2.19. The lowest BCUT2D eigenvalue weighted by Gasteiger charge is -2.11. The highest BCUT2D eigenvalue weighted by molar-refractivity contribution is 6.02. The fourth-order valence-electron chi connectivity index (χ4n) is 3.67. The number of aromatic amines is 1. The van der Waals surface area contributed by atoms with Crippen molar-refractivity contribution in [2.75, 3.05) is 0 Å². The van der Waals surface area contributed by atoms with Gasteiger partial charge < -0.3 is 20.3 Å². The van der Waals surface area contributed by atoms with Crippen LogP contribution in [0, 0.1) is 5.82 Å². The first kappa shape index (κ1) is 21.7. The highest BCUT2D eigenvalue weighted by Crippen LogP contribution is 2.38. The van der Waals surface area contributed by atoms with E-state index in [9.17, 15) is 19.4 Å². The Morgan fingerprint density at radius 3 is 2.47 bits per heavy atom. The zero-order valence-corrected chi connectivity index (χ0v) is 17.0. The van der Waals surface area contributed by atoms with Crippen molar-refractivity contribution in [1.82, 2.24) is 4.98 Å². The molecular formula is C24H26FNO4. The van der Waals surface area contributed by atoms with E-state index in [0.29, 0.717) is 0 Å². The first-order valence-electron chi connectivity index (χ1n) is 9.93. The molecule has 3 aromatic rings. The maximum absolute atomic E-state index is 13.5. The minimum absolute atomic E-state index is 0.0772. The third kappa shape index (κ3) is 4.96. The van der Waals surface area contributed by atoms with Crippen LogP contribution in [0.2, 0.25) is 0 Å². The van der Waals surface area contributed by atoms with Crippen LogP contribution in [-0.2, 0) is 4.79 Å². The maximum atomic E-state index is 13.5. The number of aliphatic hydroxyl groups excluding tert-OH is 2. The molecule has 0 fully saturated rings. The lowest BCUT2D eigenvalue weighted by atomic mass is 9.93. The van der Waals surface area contributed by atoms with Gasteiger partial charge in [0.25, 0.3) is 0 Å². The van der Waals surface area contributed by atoms with E-state index in [1.54, 1.807) is 18.2 Å². The molecule has 30 heavy (non-hydrogen) atoms. The molecule has 0 spiro atoms. The van der Waals surface area contributed by atoms with Crippen molar-refractivity contribution in [2.45, 2.75) is 44.8 Å². The molecule has 3 rings (SSSR count). The maximum Gasteiger partial charge on any atom is 0.305 e. The van der Waals surface area contributed by atoms with E-state index < -0.39 is 24.6 Å². The van der Waals surface area contributed by atoms with E-state index in [0.717, 1.165) is 33.3 Å². The fourth-order valence-corrected chi connectivity index (χ4v) is 3.67. The number of aromatic nitrogens is 1. The highest BCUT2D eigenvalue weighted by atomic mass is 19.1. The van der Waals surface area contributed by atoms with E-state index in [2.05, 4.69) is 24.9 Å². The summed E-state index contributed by atoms with van der Waals surface area (Å²) < 4.78 is 13.5. The second-order valence-electron chi connectivity index (χ2n) is 7.76. The first-order chi connectivity index (χ1) is 14.3. The molecule has 5 nitrogen and oxygen atoms in total. The van der Waals surface area contributed by atoms with Gasteiger partial charge in [0.1, 0.15) is 5.82 Å². The molecule has 4 N–H and O–H groups in total. The summed E-state index contributed by atoms with van der Waals surface area (Å²) in [5, 5.41) is 29.7. The third-order valence-electron chi connectivity index (χ3n) is 5.05. The van der Waals surface area contributed by atoms with Crippen LogP contribution in [0.5, 0.6) is 0 Å². The molecular weight excluding hydrogens is 385 g/mol. The number of halogens is 1. The van der Waals surface area contributed by atoms with E-state index >= 15 is 0 Å². The summed E-state index contributed by atoms with van der Waals surface area (Å²) in [5.41, 5.74) is 4.58. The van der Waals surface area contributed by atoms with Crippen LogP contribution in [-0.4, -0.2) is 38.5 Å². The smallest absolute Gasteiger partial charge is 0.305 e. The summed E-state index contributed by atoms with van der Waals surface area (Å²) >= 11 is 0. The molecule has 0 aliphatic rings. The van der Waals surface area contributed by atoms with Crippen LogP contribution in [0.25, 0.3) is 28.1 Å². The monoisotopic (exact) mass is 411 g/mol. The Morgan fingerprint density at radius 2 is 1.83 bits per heavy atom. The van der Waals surface area contributed by atoms with E-state index in [1.165, 1.54) is 18.2 Å². The number of carbonyl (C=O) groups is 1. The van der Waals surface area contributed by atoms with Crippen molar-refractivity contribution in [2.24, 2.45) is 0 Å². The van der Waals surface area contributed by atoms with Gasteiger partial charge >= 0.3 is 5.97 Å². The Morgan fingerprint density at radius 1 is 1.13 bits per heavy atom. The summed E-state index contributed by atoms with van der Waals surface area (Å²) in [7, 11) is 0. The summed E-state index contributed by atoms with van der Waals surface area (Å²) in [6.07, 6.45) is 0.617. The average Bonchev–Trinajstić information content (AvgIpc) is 3.04. The Bertz CT molecular complexity index is 1050. The summed E-state index contributed by atoms with van der Waals surface area (Å²) in [5.74, 6) is -1.16. The number of H-pyrrole nitrogens is 1. The van der Waals surface area contributed by atoms with Crippen molar-refractivity contribution in [3.05, 3.63) is 65.6 Å². The standard InChI is InChI=1S/C24H26FNO4/c1-14(2)19-4-3-5-20-24(19)23(15-6-8-16(25)9-7-15)21(26-20)11-10-17(27)12-18(28)13-22(29)30/h3-11,14,17-18,26-28H,12-13H2,1-2H3,(H,29,30). The number of hydrogen-bond donors (Lipinski definition) is 4. The molecule has 158 valence electrons. The van der Waals surface area contributed by atoms with Crippen LogP contribution in [0.4, 0.5) is 4.39 Å². The van der Waals surface area contributed by atoms with Crippen LogP contribution in [0.1, 0.15) is 43.9 Å². The highest BCUT2D eigenvalue weighted by Gasteiger charge is 2.18. The van der Waals surface area contributed by atoms with Crippen molar-refractivity contribution in [3.63, 3.8) is 0 Å². The molecule has 2 aromatic carbocycles. The average molecular weight is 411 g/mol. The topological polar surface area (TPSA) is 93.5 Å². The number of carboxylic acids is 1. The molecule has 0 bridgehead atoms. The SMILES string of the molecule is CC(C)c1cccc2[nH]c(C=CC(O)CC(O)CC(=O)O)c(-c3ccc(F)cc3)c12. The third-order valence-corrected chi connectivity index (χ3v) is 5.05. The van der Waals surface area contributed by atoms with E-state index in [-0.39, 0.29) is 18.2 Å². The van der Waals surface area contributed by atoms with Crippen molar-refractivity contribution in [1.29, 1.82) is 0 Å². The van der Waals surface area contributed by atoms with Crippen molar-refractivity contribution >= 4 is 22.9 Å². The number of rotatable bonds is 8. The minimum atomic E-state index is -1.13. The molecule has 0 amide bonds. The second kappa shape index (κ2) is 9.24. The van der Waals surface area contributed by atoms with Gasteiger partial charge in [0.15, 0.2) is 0 Å². The number of benzene rings is 2. The first-order valence-corrected chi connectivity index (χ1v) is 9.93. The number of aliphatic carboxylic acids is 1. The Kier molecular flexibility index (Phi) is 6.70. The van der Waals surface area contributed by atoms with Gasteiger partial charge in [-0.15, -0.1) is 0 Å². The van der Waals surface area contributed by atoms with Crippen molar-refractivity contribution < 1.29 is 24.5 Å². The molecule has 6 heteroatoms. The molecule has 0 saturated heterocycles. The van der Waals surface area contributed by atoms with Gasteiger partial charge in [-0.05, 0) is 41.3 Å². The number of aliphatic hydroxyl groups is 2. The van der Waals surface area contributed by atoms with Gasteiger partial charge in [-0.1, -0.05) is 44.2 Å². The number of nitrogens with one attached hydrogen (secondary N) is 1. The van der Waals surface area contributed by atoms with Gasteiger partial charge in [-0.3, -0.25) is 4.79 Å². The molecule has 1 heterocycles. The van der Waals surface area contributed by atoms with E-state index in [4.69, 9.17) is 5.11 Å². The predicted molar refractivity (Wildman–Crippen MR) is 116 cm³/mol. The molecule has 1 aromatic heterocycles. The fraction of sp³-hybridized carbons (Fsp3) is 0.292. The molecule has 0 radical (unpaired) electrons. The molecule has 0 aliphatic carbocycles. The van der Waals surface area contributed by atoms with Crippen molar-refractivity contribution in [3.8, 4) is 11.1 Å². The summed E-state index contributed by atoms with van der Waals surface area (Å²) in [4.78, 5) is 14.1. The van der Waals surface area contributed by atoms with Gasteiger partial charge in [-0.2, -0.15) is 0 Å². The molecule has 2 atom stereocenters. The van der Waals surface area contributed by atoms with Crippen LogP contribution in [0.15, 0.2) is 48.5 Å². The second-order valence-corrected chi connectivity index (χ2v) is 7.76. The lowest BCUT2D eigenvalue weighted by molar-refractivity contribution is -0.139. The Balaban J connectivity index is 2.04. The molecule has 0 saturated carbocycles. The Hall–Kier alpha value is -2.96. The summed E-state index contributed by atoms with van der Waals surface area (Å²) in [6, 6.07) is 12.3. The van der Waals surface area contributed by atoms with Crippen LogP contribution in [0.3, 0.4) is 0 Å². The quantitative estimate of drug-likeness (QED) is 0.432. The normalized spacial score (nSPS) is 13.9. The molecule has 0 aliphatic heterocycles. The number of fused-ring (bicyclic) bond motifs is 1. The van der Waals surface area contributed by atoms with Gasteiger partial charge in [0, 0.05) is 28.6 Å². The van der Waals surface area contributed by atoms with E-state index in [1.807, 2.05) is 12.1 Å². The van der Waals surface area contributed by atoms with Gasteiger partial charge in [0.05, 0.1) is 18.6 Å². The van der Waals surface area contributed by atoms with Crippen LogP contribution < -0.4 is 0 Å². The number of hydrogen-bond acceptors (Lipinski definition) is 3. The van der Waals surface area contributed by atoms with Crippen LogP contribution >= 0.6 is 0 Å². The van der Waals surface area contributed by atoms with Gasteiger partial charge in [0.2, 0.25) is 0 Å². The zero-order valence-electron chi connectivity index (χ0n) is 17.0. The summed E-state index contributed by atoms with van der Waals surface area (Å²) in [6.45, 7) is 4.22. The molecule has 2 unspecified atom stereocenters.